The molecule has 1 amide bonds. The lowest BCUT2D eigenvalue weighted by atomic mass is 10.1. The zero-order chi connectivity index (χ0) is 16.7. The fraction of sp³-hybridized carbons (Fsp3) is 0.250. The lowest BCUT2D eigenvalue weighted by Crippen LogP contribution is -2.15. The monoisotopic (exact) mass is 308 g/mol. The minimum Gasteiger partial charge on any atom is -0.323 e. The van der Waals surface area contributed by atoms with Crippen molar-refractivity contribution < 1.29 is 4.79 Å². The topological polar surface area (TPSA) is 32.3 Å². The predicted octanol–water partition coefficient (Wildman–Crippen LogP) is 3.75. The summed E-state index contributed by atoms with van der Waals surface area (Å²) in [4.78, 5) is 14.1. The summed E-state index contributed by atoms with van der Waals surface area (Å²) in [7, 11) is 4.13. The molecule has 0 atom stereocenters. The van der Waals surface area contributed by atoms with Crippen molar-refractivity contribution in [1.82, 2.24) is 4.90 Å². The molecular weight excluding hydrogens is 284 g/mol. The van der Waals surface area contributed by atoms with Crippen LogP contribution in [0, 0.1) is 6.92 Å². The van der Waals surface area contributed by atoms with Gasteiger partial charge in [0, 0.05) is 18.3 Å². The minimum absolute atomic E-state index is 0.118. The van der Waals surface area contributed by atoms with Crippen LogP contribution in [-0.2, 0) is 11.2 Å². The highest BCUT2D eigenvalue weighted by molar-refractivity contribution is 6.01. The van der Waals surface area contributed by atoms with Crippen LogP contribution in [0.2, 0.25) is 0 Å². The maximum Gasteiger partial charge on any atom is 0.248 e. The van der Waals surface area contributed by atoms with Crippen molar-refractivity contribution in [3.63, 3.8) is 0 Å². The van der Waals surface area contributed by atoms with E-state index in [-0.39, 0.29) is 5.91 Å². The SMILES string of the molecule is Cc1cccc(/C=C/C(=O)Nc2ccc(CCN(C)C)cc2)c1. The van der Waals surface area contributed by atoms with Gasteiger partial charge in [-0.3, -0.25) is 4.79 Å². The second-order valence-corrected chi connectivity index (χ2v) is 5.99. The van der Waals surface area contributed by atoms with E-state index in [0.29, 0.717) is 0 Å². The molecule has 2 rings (SSSR count). The van der Waals surface area contributed by atoms with E-state index in [0.717, 1.165) is 24.2 Å². The average Bonchev–Trinajstić information content (AvgIpc) is 2.52. The van der Waals surface area contributed by atoms with Gasteiger partial charge >= 0.3 is 0 Å². The standard InChI is InChI=1S/C20H24N2O/c1-16-5-4-6-18(15-16)9-12-20(23)21-19-10-7-17(8-11-19)13-14-22(2)3/h4-12,15H,13-14H2,1-3H3,(H,21,23)/b12-9+. The number of amides is 1. The summed E-state index contributed by atoms with van der Waals surface area (Å²) in [6, 6.07) is 16.1. The van der Waals surface area contributed by atoms with Gasteiger partial charge in [-0.25, -0.2) is 0 Å². The molecule has 0 radical (unpaired) electrons. The number of nitrogens with zero attached hydrogens (tertiary/aromatic N) is 1. The van der Waals surface area contributed by atoms with Crippen LogP contribution in [0.4, 0.5) is 5.69 Å². The molecule has 2 aromatic rings. The van der Waals surface area contributed by atoms with E-state index in [1.807, 2.05) is 49.4 Å². The van der Waals surface area contributed by atoms with Crippen LogP contribution in [-0.4, -0.2) is 31.4 Å². The third-order valence-electron chi connectivity index (χ3n) is 3.54. The molecule has 0 bridgehead atoms. The number of aryl methyl sites for hydroxylation is 1. The summed E-state index contributed by atoms with van der Waals surface area (Å²) in [5.74, 6) is -0.118. The third kappa shape index (κ3) is 6.09. The van der Waals surface area contributed by atoms with Gasteiger partial charge in [0.25, 0.3) is 0 Å². The molecule has 0 saturated carbocycles. The van der Waals surface area contributed by atoms with Crippen molar-refractivity contribution >= 4 is 17.7 Å². The summed E-state index contributed by atoms with van der Waals surface area (Å²) < 4.78 is 0. The molecule has 0 aromatic heterocycles. The molecule has 0 aliphatic rings. The molecule has 1 N–H and O–H groups in total. The van der Waals surface area contributed by atoms with Gasteiger partial charge in [0.2, 0.25) is 5.91 Å². The van der Waals surface area contributed by atoms with Gasteiger partial charge in [-0.15, -0.1) is 0 Å². The van der Waals surface area contributed by atoms with Gasteiger partial charge in [0.1, 0.15) is 0 Å². The van der Waals surface area contributed by atoms with Crippen molar-refractivity contribution in [2.75, 3.05) is 26.0 Å². The van der Waals surface area contributed by atoms with Gasteiger partial charge in [0.05, 0.1) is 0 Å². The quantitative estimate of drug-likeness (QED) is 0.824. The van der Waals surface area contributed by atoms with Gasteiger partial charge in [-0.2, -0.15) is 0 Å². The number of carbonyl (C=O) groups excluding carboxylic acids is 1. The first-order valence-electron chi connectivity index (χ1n) is 7.82. The van der Waals surface area contributed by atoms with E-state index >= 15 is 0 Å². The molecule has 3 nitrogen and oxygen atoms in total. The Morgan fingerprint density at radius 1 is 1.13 bits per heavy atom. The Balaban J connectivity index is 1.90. The van der Waals surface area contributed by atoms with Gasteiger partial charge in [0.15, 0.2) is 0 Å². The highest BCUT2D eigenvalue weighted by Gasteiger charge is 1.99. The predicted molar refractivity (Wildman–Crippen MR) is 97.5 cm³/mol. The van der Waals surface area contributed by atoms with Crippen molar-refractivity contribution in [1.29, 1.82) is 0 Å². The Kier molecular flexibility index (Phi) is 6.12. The maximum atomic E-state index is 12.0. The number of rotatable bonds is 6. The molecule has 0 aliphatic carbocycles. The number of anilines is 1. The Morgan fingerprint density at radius 2 is 1.87 bits per heavy atom. The van der Waals surface area contributed by atoms with Crippen LogP contribution in [0.15, 0.2) is 54.6 Å². The van der Waals surface area contributed by atoms with Gasteiger partial charge < -0.3 is 10.2 Å². The van der Waals surface area contributed by atoms with E-state index in [2.05, 4.69) is 36.4 Å². The van der Waals surface area contributed by atoms with E-state index in [9.17, 15) is 4.79 Å². The summed E-state index contributed by atoms with van der Waals surface area (Å²) >= 11 is 0. The van der Waals surface area contributed by atoms with Crippen molar-refractivity contribution in [2.24, 2.45) is 0 Å². The molecule has 23 heavy (non-hydrogen) atoms. The molecule has 120 valence electrons. The minimum atomic E-state index is -0.118. The molecule has 0 heterocycles. The Labute approximate surface area is 138 Å². The first-order valence-corrected chi connectivity index (χ1v) is 7.82. The second-order valence-electron chi connectivity index (χ2n) is 5.99. The highest BCUT2D eigenvalue weighted by atomic mass is 16.1. The number of carbonyl (C=O) groups is 1. The molecule has 0 aliphatic heterocycles. The van der Waals surface area contributed by atoms with Gasteiger partial charge in [-0.05, 0) is 56.8 Å². The van der Waals surface area contributed by atoms with Crippen LogP contribution >= 0.6 is 0 Å². The number of benzene rings is 2. The Bertz CT molecular complexity index is 672. The van der Waals surface area contributed by atoms with Crippen LogP contribution in [0.5, 0.6) is 0 Å². The first kappa shape index (κ1) is 17.0. The molecule has 0 unspecified atom stereocenters. The largest absolute Gasteiger partial charge is 0.323 e. The van der Waals surface area contributed by atoms with Crippen LogP contribution in [0.3, 0.4) is 0 Å². The summed E-state index contributed by atoms with van der Waals surface area (Å²) in [6.07, 6.45) is 4.40. The van der Waals surface area contributed by atoms with E-state index in [1.165, 1.54) is 11.1 Å². The summed E-state index contributed by atoms with van der Waals surface area (Å²) in [6.45, 7) is 3.06. The second kappa shape index (κ2) is 8.30. The lowest BCUT2D eigenvalue weighted by molar-refractivity contribution is -0.111. The van der Waals surface area contributed by atoms with Crippen LogP contribution in [0.25, 0.3) is 6.08 Å². The molecule has 0 saturated heterocycles. The molecule has 3 heteroatoms. The number of hydrogen-bond acceptors (Lipinski definition) is 2. The smallest absolute Gasteiger partial charge is 0.248 e. The summed E-state index contributed by atoms with van der Waals surface area (Å²) in [5.41, 5.74) is 4.30. The highest BCUT2D eigenvalue weighted by Crippen LogP contribution is 2.11. The van der Waals surface area contributed by atoms with Crippen molar-refractivity contribution in [3.8, 4) is 0 Å². The summed E-state index contributed by atoms with van der Waals surface area (Å²) in [5, 5.41) is 2.88. The zero-order valence-electron chi connectivity index (χ0n) is 14.0. The van der Waals surface area contributed by atoms with E-state index < -0.39 is 0 Å². The number of nitrogens with one attached hydrogen (secondary N) is 1. The fourth-order valence-corrected chi connectivity index (χ4v) is 2.24. The molecule has 0 fully saturated rings. The van der Waals surface area contributed by atoms with Crippen molar-refractivity contribution in [3.05, 3.63) is 71.3 Å². The van der Waals surface area contributed by atoms with Crippen LogP contribution < -0.4 is 5.32 Å². The first-order chi connectivity index (χ1) is 11.0. The molecular formula is C20H24N2O. The zero-order valence-corrected chi connectivity index (χ0v) is 14.0. The average molecular weight is 308 g/mol. The lowest BCUT2D eigenvalue weighted by Gasteiger charge is -2.09. The van der Waals surface area contributed by atoms with E-state index in [1.54, 1.807) is 6.08 Å². The number of likely N-dealkylation sites (N-methyl/N-ethyl adjacent to an activating group) is 1. The normalized spacial score (nSPS) is 11.1. The fourth-order valence-electron chi connectivity index (χ4n) is 2.24. The Hall–Kier alpha value is -2.39. The van der Waals surface area contributed by atoms with Crippen LogP contribution in [0.1, 0.15) is 16.7 Å². The molecule has 0 spiro atoms. The Morgan fingerprint density at radius 3 is 2.52 bits per heavy atom. The van der Waals surface area contributed by atoms with Gasteiger partial charge in [-0.1, -0.05) is 42.0 Å². The molecule has 2 aromatic carbocycles. The third-order valence-corrected chi connectivity index (χ3v) is 3.54. The maximum absolute atomic E-state index is 12.0. The number of hydrogen-bond donors (Lipinski definition) is 1. The van der Waals surface area contributed by atoms with E-state index in [4.69, 9.17) is 0 Å². The van der Waals surface area contributed by atoms with Crippen molar-refractivity contribution in [2.45, 2.75) is 13.3 Å².